The predicted molar refractivity (Wildman–Crippen MR) is 114 cm³/mol. The van der Waals surface area contributed by atoms with Crippen molar-refractivity contribution < 1.29 is 17.9 Å². The molecule has 3 rings (SSSR count). The molecule has 0 unspecified atom stereocenters. The van der Waals surface area contributed by atoms with Crippen LogP contribution in [0, 0.1) is 13.8 Å². The predicted octanol–water partition coefficient (Wildman–Crippen LogP) is 4.37. The van der Waals surface area contributed by atoms with Gasteiger partial charge in [-0.05, 0) is 79.6 Å². The molecule has 3 aromatic carbocycles. The van der Waals surface area contributed by atoms with Gasteiger partial charge in [0.1, 0.15) is 5.75 Å². The zero-order valence-corrected chi connectivity index (χ0v) is 17.2. The van der Waals surface area contributed by atoms with E-state index in [2.05, 4.69) is 10.0 Å². The Bertz CT molecular complexity index is 1120. The average molecular weight is 410 g/mol. The van der Waals surface area contributed by atoms with Crippen molar-refractivity contribution in [3.8, 4) is 5.75 Å². The molecule has 0 spiro atoms. The summed E-state index contributed by atoms with van der Waals surface area (Å²) >= 11 is 0. The fourth-order valence-corrected chi connectivity index (χ4v) is 3.80. The summed E-state index contributed by atoms with van der Waals surface area (Å²) in [7, 11) is -2.22. The minimum atomic E-state index is -3.74. The van der Waals surface area contributed by atoms with Gasteiger partial charge in [-0.3, -0.25) is 9.52 Å². The summed E-state index contributed by atoms with van der Waals surface area (Å²) in [5.74, 6) is 0.312. The Kier molecular flexibility index (Phi) is 5.89. The van der Waals surface area contributed by atoms with Crippen molar-refractivity contribution in [1.29, 1.82) is 0 Å². The number of hydrogen-bond donors (Lipinski definition) is 2. The summed E-state index contributed by atoms with van der Waals surface area (Å²) < 4.78 is 32.5. The molecule has 7 heteroatoms. The smallest absolute Gasteiger partial charge is 0.261 e. The van der Waals surface area contributed by atoms with Gasteiger partial charge < -0.3 is 10.1 Å². The van der Waals surface area contributed by atoms with E-state index >= 15 is 0 Å². The SMILES string of the molecule is COc1ccc(S(=O)(=O)Nc2ccc(C(=O)Nc3cccc(C)c3C)cc2)cc1. The average Bonchev–Trinajstić information content (AvgIpc) is 2.71. The Morgan fingerprint density at radius 3 is 2.17 bits per heavy atom. The first kappa shape index (κ1) is 20.4. The first-order valence-electron chi connectivity index (χ1n) is 8.94. The molecule has 0 heterocycles. The topological polar surface area (TPSA) is 84.5 Å². The van der Waals surface area contributed by atoms with Gasteiger partial charge in [-0.2, -0.15) is 0 Å². The van der Waals surface area contributed by atoms with Crippen LogP contribution in [0.25, 0.3) is 0 Å². The summed E-state index contributed by atoms with van der Waals surface area (Å²) in [6.45, 7) is 3.93. The summed E-state index contributed by atoms with van der Waals surface area (Å²) in [6, 6.07) is 18.1. The lowest BCUT2D eigenvalue weighted by Gasteiger charge is -2.11. The number of carbonyl (C=O) groups is 1. The molecular weight excluding hydrogens is 388 g/mol. The van der Waals surface area contributed by atoms with E-state index in [-0.39, 0.29) is 10.8 Å². The number of amides is 1. The molecule has 0 saturated carbocycles. The second-order valence-corrected chi connectivity index (χ2v) is 8.24. The van der Waals surface area contributed by atoms with Crippen molar-refractivity contribution in [3.63, 3.8) is 0 Å². The largest absolute Gasteiger partial charge is 0.497 e. The van der Waals surface area contributed by atoms with Crippen LogP contribution in [0.5, 0.6) is 5.75 Å². The van der Waals surface area contributed by atoms with Crippen LogP contribution in [-0.4, -0.2) is 21.4 Å². The van der Waals surface area contributed by atoms with Crippen molar-refractivity contribution in [1.82, 2.24) is 0 Å². The van der Waals surface area contributed by atoms with Gasteiger partial charge in [0, 0.05) is 16.9 Å². The summed E-state index contributed by atoms with van der Waals surface area (Å²) in [5.41, 5.74) is 3.64. The Morgan fingerprint density at radius 2 is 1.55 bits per heavy atom. The fourth-order valence-electron chi connectivity index (χ4n) is 2.74. The highest BCUT2D eigenvalue weighted by Gasteiger charge is 2.15. The molecule has 0 saturated heterocycles. The summed E-state index contributed by atoms with van der Waals surface area (Å²) in [5, 5.41) is 2.88. The zero-order valence-electron chi connectivity index (χ0n) is 16.4. The van der Waals surface area contributed by atoms with Gasteiger partial charge in [0.25, 0.3) is 15.9 Å². The molecule has 0 aromatic heterocycles. The minimum Gasteiger partial charge on any atom is -0.497 e. The van der Waals surface area contributed by atoms with Gasteiger partial charge in [-0.1, -0.05) is 12.1 Å². The number of rotatable bonds is 6. The number of sulfonamides is 1. The Balaban J connectivity index is 1.72. The van der Waals surface area contributed by atoms with Gasteiger partial charge in [0.2, 0.25) is 0 Å². The molecule has 29 heavy (non-hydrogen) atoms. The molecule has 1 amide bonds. The molecule has 6 nitrogen and oxygen atoms in total. The number of benzene rings is 3. The van der Waals surface area contributed by atoms with Crippen LogP contribution in [0.15, 0.2) is 71.6 Å². The van der Waals surface area contributed by atoms with Crippen LogP contribution in [0.3, 0.4) is 0 Å². The quantitative estimate of drug-likeness (QED) is 0.632. The minimum absolute atomic E-state index is 0.120. The lowest BCUT2D eigenvalue weighted by atomic mass is 10.1. The summed E-state index contributed by atoms with van der Waals surface area (Å²) in [6.07, 6.45) is 0. The van der Waals surface area contributed by atoms with Crippen LogP contribution < -0.4 is 14.8 Å². The van der Waals surface area contributed by atoms with E-state index in [0.717, 1.165) is 16.8 Å². The van der Waals surface area contributed by atoms with Gasteiger partial charge >= 0.3 is 0 Å². The molecule has 0 aliphatic rings. The van der Waals surface area contributed by atoms with E-state index in [9.17, 15) is 13.2 Å². The number of nitrogens with one attached hydrogen (secondary N) is 2. The standard InChI is InChI=1S/C22H22N2O4S/c1-15-5-4-6-21(16(15)2)23-22(25)17-7-9-18(10-8-17)24-29(26,27)20-13-11-19(28-3)12-14-20/h4-14,24H,1-3H3,(H,23,25). The number of hydrogen-bond acceptors (Lipinski definition) is 4. The number of anilines is 2. The fraction of sp³-hybridized carbons (Fsp3) is 0.136. The van der Waals surface area contributed by atoms with E-state index in [1.54, 1.807) is 36.4 Å². The van der Waals surface area contributed by atoms with Crippen molar-refractivity contribution in [2.75, 3.05) is 17.1 Å². The number of methoxy groups -OCH3 is 1. The van der Waals surface area contributed by atoms with Gasteiger partial charge in [0.05, 0.1) is 12.0 Å². The van der Waals surface area contributed by atoms with Gasteiger partial charge in [-0.15, -0.1) is 0 Å². The van der Waals surface area contributed by atoms with E-state index in [4.69, 9.17) is 4.74 Å². The molecule has 2 N–H and O–H groups in total. The van der Waals surface area contributed by atoms with Gasteiger partial charge in [-0.25, -0.2) is 8.42 Å². The van der Waals surface area contributed by atoms with Crippen LogP contribution in [0.4, 0.5) is 11.4 Å². The highest BCUT2D eigenvalue weighted by Crippen LogP contribution is 2.21. The molecular formula is C22H22N2O4S. The number of aryl methyl sites for hydroxylation is 1. The lowest BCUT2D eigenvalue weighted by Crippen LogP contribution is -2.14. The second-order valence-electron chi connectivity index (χ2n) is 6.56. The monoisotopic (exact) mass is 410 g/mol. The Morgan fingerprint density at radius 1 is 0.897 bits per heavy atom. The molecule has 0 aliphatic carbocycles. The molecule has 0 bridgehead atoms. The molecule has 0 fully saturated rings. The van der Waals surface area contributed by atoms with E-state index < -0.39 is 10.0 Å². The van der Waals surface area contributed by atoms with Crippen molar-refractivity contribution >= 4 is 27.3 Å². The Hall–Kier alpha value is -3.32. The first-order valence-corrected chi connectivity index (χ1v) is 10.4. The van der Waals surface area contributed by atoms with E-state index in [1.165, 1.54) is 19.2 Å². The van der Waals surface area contributed by atoms with E-state index in [0.29, 0.717) is 17.0 Å². The van der Waals surface area contributed by atoms with E-state index in [1.807, 2.05) is 32.0 Å². The third-order valence-corrected chi connectivity index (χ3v) is 6.02. The first-order chi connectivity index (χ1) is 13.8. The third kappa shape index (κ3) is 4.75. The lowest BCUT2D eigenvalue weighted by molar-refractivity contribution is 0.102. The van der Waals surface area contributed by atoms with Crippen LogP contribution >= 0.6 is 0 Å². The molecule has 0 atom stereocenters. The number of ether oxygens (including phenoxy) is 1. The maximum atomic E-state index is 12.5. The molecule has 0 aliphatic heterocycles. The summed E-state index contributed by atoms with van der Waals surface area (Å²) in [4.78, 5) is 12.6. The van der Waals surface area contributed by atoms with Crippen molar-refractivity contribution in [3.05, 3.63) is 83.4 Å². The Labute approximate surface area is 170 Å². The maximum absolute atomic E-state index is 12.5. The van der Waals surface area contributed by atoms with Crippen molar-refractivity contribution in [2.24, 2.45) is 0 Å². The van der Waals surface area contributed by atoms with Crippen molar-refractivity contribution in [2.45, 2.75) is 18.7 Å². The zero-order chi connectivity index (χ0) is 21.0. The van der Waals surface area contributed by atoms with Crippen LogP contribution in [-0.2, 0) is 10.0 Å². The third-order valence-electron chi connectivity index (χ3n) is 4.62. The number of carbonyl (C=O) groups excluding carboxylic acids is 1. The highest BCUT2D eigenvalue weighted by molar-refractivity contribution is 7.92. The maximum Gasteiger partial charge on any atom is 0.261 e. The molecule has 3 aromatic rings. The van der Waals surface area contributed by atoms with Crippen LogP contribution in [0.2, 0.25) is 0 Å². The molecule has 0 radical (unpaired) electrons. The highest BCUT2D eigenvalue weighted by atomic mass is 32.2. The second kappa shape index (κ2) is 8.36. The normalized spacial score (nSPS) is 11.0. The van der Waals surface area contributed by atoms with Gasteiger partial charge in [0.15, 0.2) is 0 Å². The van der Waals surface area contributed by atoms with Crippen LogP contribution in [0.1, 0.15) is 21.5 Å². The molecule has 150 valence electrons.